The number of carbonyl (C=O) groups excluding carboxylic acids is 1. The minimum atomic E-state index is 0.0254. The van der Waals surface area contributed by atoms with E-state index < -0.39 is 0 Å². The highest BCUT2D eigenvalue weighted by Crippen LogP contribution is 2.13. The van der Waals surface area contributed by atoms with Gasteiger partial charge in [-0.2, -0.15) is 0 Å². The van der Waals surface area contributed by atoms with Crippen molar-refractivity contribution in [1.29, 1.82) is 0 Å². The standard InChI is InChI=1S/C12H15BrN2O/c13-10-3-1-9(2-4-10)5-6-15-8-11(14)7-12(15)16/h1-4,11H,5-8,14H2. The average molecular weight is 283 g/mol. The number of rotatable bonds is 3. The van der Waals surface area contributed by atoms with Gasteiger partial charge < -0.3 is 10.6 Å². The number of hydrogen-bond donors (Lipinski definition) is 1. The molecule has 16 heavy (non-hydrogen) atoms. The number of halogens is 1. The summed E-state index contributed by atoms with van der Waals surface area (Å²) < 4.78 is 1.08. The van der Waals surface area contributed by atoms with Gasteiger partial charge in [0, 0.05) is 30.0 Å². The summed E-state index contributed by atoms with van der Waals surface area (Å²) in [6, 6.07) is 8.21. The summed E-state index contributed by atoms with van der Waals surface area (Å²) in [5, 5.41) is 0. The fraction of sp³-hybridized carbons (Fsp3) is 0.417. The first-order valence-electron chi connectivity index (χ1n) is 5.43. The molecule has 0 saturated carbocycles. The van der Waals surface area contributed by atoms with Gasteiger partial charge >= 0.3 is 0 Å². The third-order valence-electron chi connectivity index (χ3n) is 2.83. The number of carbonyl (C=O) groups is 1. The van der Waals surface area contributed by atoms with E-state index in [2.05, 4.69) is 28.1 Å². The molecule has 1 aromatic rings. The maximum Gasteiger partial charge on any atom is 0.224 e. The topological polar surface area (TPSA) is 46.3 Å². The SMILES string of the molecule is NC1CC(=O)N(CCc2ccc(Br)cc2)C1. The lowest BCUT2D eigenvalue weighted by Crippen LogP contribution is -2.30. The van der Waals surface area contributed by atoms with Crippen molar-refractivity contribution in [2.24, 2.45) is 5.73 Å². The average Bonchev–Trinajstić information content (AvgIpc) is 2.57. The number of nitrogens with two attached hydrogens (primary N) is 1. The van der Waals surface area contributed by atoms with Crippen LogP contribution < -0.4 is 5.73 Å². The van der Waals surface area contributed by atoms with Crippen LogP contribution in [0, 0.1) is 0 Å². The molecule has 2 N–H and O–H groups in total. The Labute approximate surface area is 104 Å². The lowest BCUT2D eigenvalue weighted by Gasteiger charge is -2.15. The maximum absolute atomic E-state index is 11.5. The quantitative estimate of drug-likeness (QED) is 0.915. The second-order valence-corrected chi connectivity index (χ2v) is 5.10. The summed E-state index contributed by atoms with van der Waals surface area (Å²) in [6.07, 6.45) is 1.39. The van der Waals surface area contributed by atoms with E-state index in [1.165, 1.54) is 5.56 Å². The summed E-state index contributed by atoms with van der Waals surface area (Å²) >= 11 is 3.40. The molecule has 1 aliphatic heterocycles. The summed E-state index contributed by atoms with van der Waals surface area (Å²) in [5.74, 6) is 0.185. The van der Waals surface area contributed by atoms with Crippen LogP contribution in [-0.4, -0.2) is 29.9 Å². The first-order chi connectivity index (χ1) is 7.65. The van der Waals surface area contributed by atoms with Crippen molar-refractivity contribution in [2.45, 2.75) is 18.9 Å². The van der Waals surface area contributed by atoms with Crippen molar-refractivity contribution in [3.8, 4) is 0 Å². The number of likely N-dealkylation sites (tertiary alicyclic amines) is 1. The van der Waals surface area contributed by atoms with Crippen LogP contribution in [0.3, 0.4) is 0 Å². The van der Waals surface area contributed by atoms with Gasteiger partial charge in [-0.1, -0.05) is 28.1 Å². The molecule has 1 saturated heterocycles. The Morgan fingerprint density at radius 1 is 1.38 bits per heavy atom. The molecule has 1 heterocycles. The highest BCUT2D eigenvalue weighted by molar-refractivity contribution is 9.10. The molecule has 86 valence electrons. The van der Waals surface area contributed by atoms with Crippen molar-refractivity contribution >= 4 is 21.8 Å². The van der Waals surface area contributed by atoms with Crippen LogP contribution in [0.15, 0.2) is 28.7 Å². The predicted molar refractivity (Wildman–Crippen MR) is 67.0 cm³/mol. The highest BCUT2D eigenvalue weighted by atomic mass is 79.9. The Hall–Kier alpha value is -0.870. The van der Waals surface area contributed by atoms with Gasteiger partial charge in [0.15, 0.2) is 0 Å². The van der Waals surface area contributed by atoms with Crippen molar-refractivity contribution in [2.75, 3.05) is 13.1 Å². The van der Waals surface area contributed by atoms with E-state index in [1.807, 2.05) is 17.0 Å². The van der Waals surface area contributed by atoms with E-state index in [1.54, 1.807) is 0 Å². The Bertz CT molecular complexity index is 377. The van der Waals surface area contributed by atoms with Gasteiger partial charge in [-0.3, -0.25) is 4.79 Å². The minimum Gasteiger partial charge on any atom is -0.341 e. The molecular formula is C12H15BrN2O. The summed E-state index contributed by atoms with van der Waals surface area (Å²) in [6.45, 7) is 1.48. The first kappa shape index (κ1) is 11.6. The minimum absolute atomic E-state index is 0.0254. The predicted octanol–water partition coefficient (Wildman–Crippen LogP) is 1.55. The van der Waals surface area contributed by atoms with Crippen molar-refractivity contribution in [1.82, 2.24) is 4.90 Å². The zero-order chi connectivity index (χ0) is 11.5. The number of nitrogens with zero attached hydrogens (tertiary/aromatic N) is 1. The van der Waals surface area contributed by atoms with E-state index >= 15 is 0 Å². The van der Waals surface area contributed by atoms with Gasteiger partial charge in [-0.05, 0) is 24.1 Å². The van der Waals surface area contributed by atoms with Gasteiger partial charge in [0.05, 0.1) is 0 Å². The van der Waals surface area contributed by atoms with E-state index in [0.29, 0.717) is 13.0 Å². The second kappa shape index (κ2) is 4.97. The van der Waals surface area contributed by atoms with Gasteiger partial charge in [0.25, 0.3) is 0 Å². The molecule has 1 fully saturated rings. The van der Waals surface area contributed by atoms with Crippen LogP contribution in [0.5, 0.6) is 0 Å². The number of amides is 1. The molecule has 1 aromatic carbocycles. The molecule has 1 amide bonds. The zero-order valence-electron chi connectivity index (χ0n) is 9.03. The molecule has 1 aliphatic rings. The van der Waals surface area contributed by atoms with E-state index in [4.69, 9.17) is 5.73 Å². The van der Waals surface area contributed by atoms with Crippen LogP contribution in [0.1, 0.15) is 12.0 Å². The van der Waals surface area contributed by atoms with Crippen molar-refractivity contribution in [3.05, 3.63) is 34.3 Å². The molecule has 0 spiro atoms. The smallest absolute Gasteiger partial charge is 0.224 e. The normalized spacial score (nSPS) is 20.5. The Morgan fingerprint density at radius 3 is 2.62 bits per heavy atom. The summed E-state index contributed by atoms with van der Waals surface area (Å²) in [4.78, 5) is 13.4. The molecular weight excluding hydrogens is 268 g/mol. The van der Waals surface area contributed by atoms with Gasteiger partial charge in [0.2, 0.25) is 5.91 Å². The molecule has 0 bridgehead atoms. The highest BCUT2D eigenvalue weighted by Gasteiger charge is 2.26. The zero-order valence-corrected chi connectivity index (χ0v) is 10.6. The van der Waals surface area contributed by atoms with Crippen LogP contribution in [0.2, 0.25) is 0 Å². The van der Waals surface area contributed by atoms with Crippen molar-refractivity contribution < 1.29 is 4.79 Å². The molecule has 0 aromatic heterocycles. The molecule has 0 radical (unpaired) electrons. The van der Waals surface area contributed by atoms with Crippen LogP contribution in [0.4, 0.5) is 0 Å². The van der Waals surface area contributed by atoms with Crippen molar-refractivity contribution in [3.63, 3.8) is 0 Å². The molecule has 1 unspecified atom stereocenters. The second-order valence-electron chi connectivity index (χ2n) is 4.18. The molecule has 1 atom stereocenters. The Kier molecular flexibility index (Phi) is 3.61. The summed E-state index contributed by atoms with van der Waals surface area (Å²) in [5.41, 5.74) is 6.98. The van der Waals surface area contributed by atoms with Gasteiger partial charge in [-0.25, -0.2) is 0 Å². The Morgan fingerprint density at radius 2 is 2.06 bits per heavy atom. The summed E-state index contributed by atoms with van der Waals surface area (Å²) in [7, 11) is 0. The fourth-order valence-electron chi connectivity index (χ4n) is 1.93. The molecule has 2 rings (SSSR count). The Balaban J connectivity index is 1.88. The van der Waals surface area contributed by atoms with E-state index in [0.717, 1.165) is 17.4 Å². The lowest BCUT2D eigenvalue weighted by atomic mass is 10.1. The third kappa shape index (κ3) is 2.83. The fourth-order valence-corrected chi connectivity index (χ4v) is 2.20. The van der Waals surface area contributed by atoms with E-state index in [-0.39, 0.29) is 11.9 Å². The van der Waals surface area contributed by atoms with Gasteiger partial charge in [-0.15, -0.1) is 0 Å². The third-order valence-corrected chi connectivity index (χ3v) is 3.36. The molecule has 0 aliphatic carbocycles. The molecule has 3 nitrogen and oxygen atoms in total. The molecule has 4 heteroatoms. The van der Waals surface area contributed by atoms with E-state index in [9.17, 15) is 4.79 Å². The first-order valence-corrected chi connectivity index (χ1v) is 6.22. The lowest BCUT2D eigenvalue weighted by molar-refractivity contribution is -0.127. The largest absolute Gasteiger partial charge is 0.341 e. The number of hydrogen-bond acceptors (Lipinski definition) is 2. The van der Waals surface area contributed by atoms with Crippen LogP contribution in [0.25, 0.3) is 0 Å². The maximum atomic E-state index is 11.5. The van der Waals surface area contributed by atoms with Gasteiger partial charge in [0.1, 0.15) is 0 Å². The van der Waals surface area contributed by atoms with Crippen LogP contribution in [-0.2, 0) is 11.2 Å². The monoisotopic (exact) mass is 282 g/mol. The number of benzene rings is 1. The van der Waals surface area contributed by atoms with Crippen LogP contribution >= 0.6 is 15.9 Å².